The summed E-state index contributed by atoms with van der Waals surface area (Å²) < 4.78 is 17.1. The Hall–Kier alpha value is -3.49. The van der Waals surface area contributed by atoms with Crippen LogP contribution in [0.3, 0.4) is 0 Å². The minimum absolute atomic E-state index is 0.236. The van der Waals surface area contributed by atoms with Gasteiger partial charge in [-0.2, -0.15) is 4.98 Å². The minimum Gasteiger partial charge on any atom is -0.354 e. The van der Waals surface area contributed by atoms with Gasteiger partial charge in [0, 0.05) is 25.5 Å². The van der Waals surface area contributed by atoms with Crippen molar-refractivity contribution in [2.24, 2.45) is 0 Å². The maximum atomic E-state index is 13.6. The normalized spacial score (nSPS) is 11.2. The van der Waals surface area contributed by atoms with Gasteiger partial charge in [0.25, 0.3) is 0 Å². The molecule has 1 aromatic carbocycles. The molecular formula is C19H20FN7O. The Balaban J connectivity index is 1.52. The predicted octanol–water partition coefficient (Wildman–Crippen LogP) is 2.31. The highest BCUT2D eigenvalue weighted by molar-refractivity contribution is 5.71. The summed E-state index contributed by atoms with van der Waals surface area (Å²) in [6.07, 6.45) is 7.89. The molecule has 0 saturated heterocycles. The molecule has 4 rings (SSSR count). The van der Waals surface area contributed by atoms with Crippen molar-refractivity contribution in [3.63, 3.8) is 0 Å². The average molecular weight is 381 g/mol. The van der Waals surface area contributed by atoms with E-state index in [0.29, 0.717) is 23.7 Å². The number of aromatic nitrogens is 6. The smallest absolute Gasteiger partial charge is 0.328 e. The summed E-state index contributed by atoms with van der Waals surface area (Å²) in [5, 5.41) is 3.17. The second kappa shape index (κ2) is 7.63. The minimum atomic E-state index is -0.330. The average Bonchev–Trinajstić information content (AvgIpc) is 3.30. The lowest BCUT2D eigenvalue weighted by molar-refractivity contribution is 0.622. The fourth-order valence-corrected chi connectivity index (χ4v) is 3.04. The van der Waals surface area contributed by atoms with Gasteiger partial charge in [-0.3, -0.25) is 4.57 Å². The number of aromatic amines is 1. The number of H-pyrrole nitrogens is 1. The fourth-order valence-electron chi connectivity index (χ4n) is 3.04. The van der Waals surface area contributed by atoms with E-state index in [-0.39, 0.29) is 18.1 Å². The largest absolute Gasteiger partial charge is 0.354 e. The van der Waals surface area contributed by atoms with Crippen LogP contribution in [0, 0.1) is 12.7 Å². The van der Waals surface area contributed by atoms with E-state index < -0.39 is 0 Å². The van der Waals surface area contributed by atoms with Crippen LogP contribution in [-0.4, -0.2) is 35.6 Å². The summed E-state index contributed by atoms with van der Waals surface area (Å²) in [6, 6.07) is 4.55. The number of rotatable bonds is 7. The number of fused-ring (bicyclic) bond motifs is 1. The molecular weight excluding hydrogens is 361 g/mol. The van der Waals surface area contributed by atoms with E-state index in [2.05, 4.69) is 25.3 Å². The Labute approximate surface area is 160 Å². The lowest BCUT2D eigenvalue weighted by Crippen LogP contribution is -2.18. The zero-order valence-electron chi connectivity index (χ0n) is 15.4. The molecule has 0 amide bonds. The molecule has 0 bridgehead atoms. The number of hydrogen-bond acceptors (Lipinski definition) is 5. The fraction of sp³-hybridized carbons (Fsp3) is 0.263. The maximum Gasteiger partial charge on any atom is 0.328 e. The van der Waals surface area contributed by atoms with Crippen molar-refractivity contribution in [1.82, 2.24) is 29.1 Å². The van der Waals surface area contributed by atoms with Gasteiger partial charge in [-0.1, -0.05) is 6.07 Å². The number of anilines is 1. The Kier molecular flexibility index (Phi) is 4.88. The first-order chi connectivity index (χ1) is 13.6. The molecule has 4 aromatic rings. The molecule has 0 unspecified atom stereocenters. The van der Waals surface area contributed by atoms with E-state index in [1.54, 1.807) is 24.8 Å². The van der Waals surface area contributed by atoms with Gasteiger partial charge in [-0.15, -0.1) is 0 Å². The summed E-state index contributed by atoms with van der Waals surface area (Å²) in [5.41, 5.74) is 2.38. The molecule has 3 aromatic heterocycles. The van der Waals surface area contributed by atoms with Gasteiger partial charge in [-0.05, 0) is 36.6 Å². The van der Waals surface area contributed by atoms with Gasteiger partial charge in [0.2, 0.25) is 5.95 Å². The van der Waals surface area contributed by atoms with Crippen molar-refractivity contribution >= 4 is 17.1 Å². The van der Waals surface area contributed by atoms with E-state index in [9.17, 15) is 9.18 Å². The molecule has 0 saturated carbocycles. The first-order valence-corrected chi connectivity index (χ1v) is 9.00. The van der Waals surface area contributed by atoms with Gasteiger partial charge in [0.05, 0.1) is 19.1 Å². The van der Waals surface area contributed by atoms with E-state index in [0.717, 1.165) is 24.1 Å². The topological polar surface area (TPSA) is 93.4 Å². The molecule has 3 heterocycles. The molecule has 0 fully saturated rings. The van der Waals surface area contributed by atoms with Gasteiger partial charge < -0.3 is 14.9 Å². The van der Waals surface area contributed by atoms with Gasteiger partial charge in [-0.25, -0.2) is 19.2 Å². The van der Waals surface area contributed by atoms with Crippen molar-refractivity contribution in [2.45, 2.75) is 26.4 Å². The molecule has 28 heavy (non-hydrogen) atoms. The van der Waals surface area contributed by atoms with E-state index in [4.69, 9.17) is 0 Å². The Morgan fingerprint density at radius 2 is 2.21 bits per heavy atom. The van der Waals surface area contributed by atoms with Crippen LogP contribution in [0.2, 0.25) is 0 Å². The molecule has 9 heteroatoms. The molecule has 0 atom stereocenters. The first-order valence-electron chi connectivity index (χ1n) is 9.00. The van der Waals surface area contributed by atoms with Gasteiger partial charge >= 0.3 is 5.69 Å². The summed E-state index contributed by atoms with van der Waals surface area (Å²) in [4.78, 5) is 27.8. The van der Waals surface area contributed by atoms with Crippen LogP contribution in [0.5, 0.6) is 0 Å². The van der Waals surface area contributed by atoms with Crippen LogP contribution < -0.4 is 11.0 Å². The summed E-state index contributed by atoms with van der Waals surface area (Å²) >= 11 is 0. The molecule has 0 aliphatic heterocycles. The summed E-state index contributed by atoms with van der Waals surface area (Å²) in [5.74, 6) is 0.116. The highest BCUT2D eigenvalue weighted by Crippen LogP contribution is 2.15. The van der Waals surface area contributed by atoms with Crippen LogP contribution in [0.1, 0.15) is 17.5 Å². The highest BCUT2D eigenvalue weighted by Gasteiger charge is 2.12. The number of nitrogens with one attached hydrogen (secondary N) is 2. The van der Waals surface area contributed by atoms with Crippen LogP contribution in [0.15, 0.2) is 47.9 Å². The van der Waals surface area contributed by atoms with E-state index in [1.165, 1.54) is 16.7 Å². The number of aryl methyl sites for hydroxylation is 2. The molecule has 0 radical (unpaired) electrons. The zero-order chi connectivity index (χ0) is 19.5. The molecule has 8 nitrogen and oxygen atoms in total. The van der Waals surface area contributed by atoms with Crippen molar-refractivity contribution < 1.29 is 4.39 Å². The lowest BCUT2D eigenvalue weighted by Gasteiger charge is -2.08. The predicted molar refractivity (Wildman–Crippen MR) is 104 cm³/mol. The molecule has 0 aliphatic rings. The first kappa shape index (κ1) is 17.9. The molecule has 0 spiro atoms. The summed E-state index contributed by atoms with van der Waals surface area (Å²) in [6.45, 7) is 3.64. The Morgan fingerprint density at radius 1 is 1.32 bits per heavy atom. The third-order valence-electron chi connectivity index (χ3n) is 4.59. The highest BCUT2D eigenvalue weighted by atomic mass is 19.1. The van der Waals surface area contributed by atoms with Crippen LogP contribution >= 0.6 is 0 Å². The SMILES string of the molecule is Cc1ccc(F)cc1Cn1c(=O)[nH]c2cnc(NCCCn3ccnc3)nc21. The molecule has 144 valence electrons. The second-order valence-electron chi connectivity index (χ2n) is 6.60. The zero-order valence-corrected chi connectivity index (χ0v) is 15.4. The van der Waals surface area contributed by atoms with Crippen molar-refractivity contribution in [3.8, 4) is 0 Å². The third kappa shape index (κ3) is 3.78. The standard InChI is InChI=1S/C19H20FN7O/c1-13-3-4-15(20)9-14(13)11-27-17-16(24-19(27)28)10-23-18(25-17)22-5-2-7-26-8-6-21-12-26/h3-4,6,8-10,12H,2,5,7,11H2,1H3,(H,24,28)(H,22,23,25). The Morgan fingerprint density at radius 3 is 3.04 bits per heavy atom. The molecule has 2 N–H and O–H groups in total. The van der Waals surface area contributed by atoms with Crippen molar-refractivity contribution in [1.29, 1.82) is 0 Å². The lowest BCUT2D eigenvalue weighted by atomic mass is 10.1. The Bertz CT molecular complexity index is 1150. The van der Waals surface area contributed by atoms with Gasteiger partial charge in [0.1, 0.15) is 11.3 Å². The van der Waals surface area contributed by atoms with E-state index >= 15 is 0 Å². The monoisotopic (exact) mass is 381 g/mol. The summed E-state index contributed by atoms with van der Waals surface area (Å²) in [7, 11) is 0. The molecule has 0 aliphatic carbocycles. The number of imidazole rings is 2. The quantitative estimate of drug-likeness (QED) is 0.479. The van der Waals surface area contributed by atoms with Crippen LogP contribution in [0.4, 0.5) is 10.3 Å². The third-order valence-corrected chi connectivity index (χ3v) is 4.59. The van der Waals surface area contributed by atoms with Crippen molar-refractivity contribution in [2.75, 3.05) is 11.9 Å². The van der Waals surface area contributed by atoms with Gasteiger partial charge in [0.15, 0.2) is 5.65 Å². The number of hydrogen-bond donors (Lipinski definition) is 2. The number of benzene rings is 1. The van der Waals surface area contributed by atoms with E-state index in [1.807, 2.05) is 17.7 Å². The number of nitrogens with zero attached hydrogens (tertiary/aromatic N) is 5. The number of halogens is 1. The van der Waals surface area contributed by atoms with Crippen LogP contribution in [-0.2, 0) is 13.1 Å². The second-order valence-corrected chi connectivity index (χ2v) is 6.60. The van der Waals surface area contributed by atoms with Crippen molar-refractivity contribution in [3.05, 3.63) is 70.5 Å². The maximum absolute atomic E-state index is 13.6. The van der Waals surface area contributed by atoms with Crippen LogP contribution in [0.25, 0.3) is 11.2 Å².